The van der Waals surface area contributed by atoms with Crippen LogP contribution in [0.25, 0.3) is 5.69 Å². The van der Waals surface area contributed by atoms with Crippen molar-refractivity contribution in [2.24, 2.45) is 0 Å². The van der Waals surface area contributed by atoms with Crippen molar-refractivity contribution in [1.29, 1.82) is 0 Å². The van der Waals surface area contributed by atoms with Gasteiger partial charge in [-0.1, -0.05) is 37.1 Å². The van der Waals surface area contributed by atoms with E-state index < -0.39 is 0 Å². The Bertz CT molecular complexity index is 607. The predicted octanol–water partition coefficient (Wildman–Crippen LogP) is 3.01. The van der Waals surface area contributed by atoms with E-state index in [1.54, 1.807) is 16.8 Å². The van der Waals surface area contributed by atoms with Crippen LogP contribution in [0.5, 0.6) is 0 Å². The van der Waals surface area contributed by atoms with Crippen LogP contribution in [-0.2, 0) is 6.42 Å². The summed E-state index contributed by atoms with van der Waals surface area (Å²) in [7, 11) is 0. The maximum atomic E-state index is 12.1. The smallest absolute Gasteiger partial charge is 0.273 e. The van der Waals surface area contributed by atoms with Crippen LogP contribution in [0.15, 0.2) is 24.3 Å². The number of benzene rings is 1. The van der Waals surface area contributed by atoms with Gasteiger partial charge in [-0.3, -0.25) is 4.79 Å². The van der Waals surface area contributed by atoms with Crippen LogP contribution in [-0.4, -0.2) is 27.4 Å². The second kappa shape index (κ2) is 7.22. The van der Waals surface area contributed by atoms with Crippen LogP contribution >= 0.6 is 11.6 Å². The molecule has 0 saturated heterocycles. The summed E-state index contributed by atoms with van der Waals surface area (Å²) >= 11 is 5.90. The molecule has 21 heavy (non-hydrogen) atoms. The Labute approximate surface area is 129 Å². The molecule has 1 amide bonds. The van der Waals surface area contributed by atoms with E-state index in [1.165, 1.54) is 0 Å². The summed E-state index contributed by atoms with van der Waals surface area (Å²) in [6, 6.07) is 7.32. The fourth-order valence-electron chi connectivity index (χ4n) is 2.05. The van der Waals surface area contributed by atoms with Crippen molar-refractivity contribution in [2.45, 2.75) is 33.1 Å². The molecule has 2 aromatic rings. The molecule has 6 heteroatoms. The normalized spacial score (nSPS) is 10.6. The number of halogens is 1. The van der Waals surface area contributed by atoms with Crippen molar-refractivity contribution in [3.63, 3.8) is 0 Å². The largest absolute Gasteiger partial charge is 0.351 e. The van der Waals surface area contributed by atoms with Gasteiger partial charge in [0.2, 0.25) is 0 Å². The highest BCUT2D eigenvalue weighted by Gasteiger charge is 2.19. The monoisotopic (exact) mass is 306 g/mol. The molecule has 0 bridgehead atoms. The fraction of sp³-hybridized carbons (Fsp3) is 0.400. The van der Waals surface area contributed by atoms with Gasteiger partial charge in [0.05, 0.1) is 11.4 Å². The lowest BCUT2D eigenvalue weighted by atomic mass is 10.2. The van der Waals surface area contributed by atoms with E-state index in [1.807, 2.05) is 19.1 Å². The lowest BCUT2D eigenvalue weighted by Gasteiger charge is -2.07. The summed E-state index contributed by atoms with van der Waals surface area (Å²) in [5.74, 6) is -0.166. The number of rotatable bonds is 6. The summed E-state index contributed by atoms with van der Waals surface area (Å²) in [5, 5.41) is 11.7. The van der Waals surface area contributed by atoms with Gasteiger partial charge in [0.15, 0.2) is 5.69 Å². The molecular formula is C15H19ClN4O. The molecule has 0 spiro atoms. The molecule has 1 heterocycles. The molecule has 112 valence electrons. The first-order valence-electron chi connectivity index (χ1n) is 7.16. The zero-order valence-electron chi connectivity index (χ0n) is 12.3. The molecular weight excluding hydrogens is 288 g/mol. The van der Waals surface area contributed by atoms with Crippen molar-refractivity contribution in [3.05, 3.63) is 40.7 Å². The average Bonchev–Trinajstić information content (AvgIpc) is 2.90. The summed E-state index contributed by atoms with van der Waals surface area (Å²) < 4.78 is 1.71. The van der Waals surface area contributed by atoms with Crippen LogP contribution in [0.4, 0.5) is 0 Å². The molecule has 2 rings (SSSR count). The summed E-state index contributed by atoms with van der Waals surface area (Å²) in [6.07, 6.45) is 2.54. The molecule has 0 atom stereocenters. The Hall–Kier alpha value is -1.88. The van der Waals surface area contributed by atoms with E-state index in [0.29, 0.717) is 17.3 Å². The Balaban J connectivity index is 2.36. The highest BCUT2D eigenvalue weighted by Crippen LogP contribution is 2.17. The van der Waals surface area contributed by atoms with E-state index in [-0.39, 0.29) is 5.91 Å². The zero-order chi connectivity index (χ0) is 15.2. The third kappa shape index (κ3) is 3.61. The van der Waals surface area contributed by atoms with E-state index in [9.17, 15) is 4.79 Å². The molecule has 0 unspecified atom stereocenters. The first-order chi connectivity index (χ1) is 10.2. The van der Waals surface area contributed by atoms with Gasteiger partial charge in [-0.2, -0.15) is 0 Å². The van der Waals surface area contributed by atoms with Gasteiger partial charge in [0.1, 0.15) is 0 Å². The zero-order valence-corrected chi connectivity index (χ0v) is 13.0. The second-order valence-corrected chi connectivity index (χ2v) is 5.22. The van der Waals surface area contributed by atoms with Gasteiger partial charge in [-0.05, 0) is 37.1 Å². The lowest BCUT2D eigenvalue weighted by Crippen LogP contribution is -2.25. The fourth-order valence-corrected chi connectivity index (χ4v) is 2.18. The molecule has 0 fully saturated rings. The minimum Gasteiger partial charge on any atom is -0.351 e. The standard InChI is InChI=1S/C15H19ClN4O/c1-3-5-13-14(15(21)17-10-4-2)18-19-20(13)12-8-6-11(16)7-9-12/h6-9H,3-5,10H2,1-2H3,(H,17,21). The highest BCUT2D eigenvalue weighted by atomic mass is 35.5. The molecule has 0 aliphatic rings. The quantitative estimate of drug-likeness (QED) is 0.892. The Morgan fingerprint density at radius 3 is 2.57 bits per heavy atom. The van der Waals surface area contributed by atoms with Crippen LogP contribution in [0.1, 0.15) is 42.9 Å². The van der Waals surface area contributed by atoms with Gasteiger partial charge in [0, 0.05) is 11.6 Å². The SMILES string of the molecule is CCCNC(=O)c1nnn(-c2ccc(Cl)cc2)c1CCC. The molecule has 1 N–H and O–H groups in total. The van der Waals surface area contributed by atoms with Crippen molar-refractivity contribution in [3.8, 4) is 5.69 Å². The number of aromatic nitrogens is 3. The summed E-state index contributed by atoms with van der Waals surface area (Å²) in [5.41, 5.74) is 2.08. The number of carbonyl (C=O) groups excluding carboxylic acids is 1. The third-order valence-corrected chi connectivity index (χ3v) is 3.32. The van der Waals surface area contributed by atoms with E-state index >= 15 is 0 Å². The Kier molecular flexibility index (Phi) is 5.33. The molecule has 0 aliphatic carbocycles. The van der Waals surface area contributed by atoms with Crippen molar-refractivity contribution in [2.75, 3.05) is 6.54 Å². The predicted molar refractivity (Wildman–Crippen MR) is 83.0 cm³/mol. The first kappa shape index (κ1) is 15.5. The van der Waals surface area contributed by atoms with Gasteiger partial charge in [-0.15, -0.1) is 5.10 Å². The maximum absolute atomic E-state index is 12.1. The Morgan fingerprint density at radius 1 is 1.24 bits per heavy atom. The van der Waals surface area contributed by atoms with Crippen LogP contribution in [0.2, 0.25) is 5.02 Å². The van der Waals surface area contributed by atoms with E-state index in [2.05, 4.69) is 22.6 Å². The topological polar surface area (TPSA) is 59.8 Å². The number of carbonyl (C=O) groups is 1. The second-order valence-electron chi connectivity index (χ2n) is 4.78. The van der Waals surface area contributed by atoms with Crippen LogP contribution in [0.3, 0.4) is 0 Å². The van der Waals surface area contributed by atoms with Gasteiger partial charge >= 0.3 is 0 Å². The van der Waals surface area contributed by atoms with Crippen LogP contribution in [0, 0.1) is 0 Å². The first-order valence-corrected chi connectivity index (χ1v) is 7.53. The van der Waals surface area contributed by atoms with Gasteiger partial charge < -0.3 is 5.32 Å². The third-order valence-electron chi connectivity index (χ3n) is 3.07. The molecule has 1 aromatic heterocycles. The summed E-state index contributed by atoms with van der Waals surface area (Å²) in [4.78, 5) is 12.1. The van der Waals surface area contributed by atoms with Gasteiger partial charge in [0.25, 0.3) is 5.91 Å². The van der Waals surface area contributed by atoms with E-state index in [4.69, 9.17) is 11.6 Å². The van der Waals surface area contributed by atoms with Crippen molar-refractivity contribution < 1.29 is 4.79 Å². The van der Waals surface area contributed by atoms with Gasteiger partial charge in [-0.25, -0.2) is 4.68 Å². The lowest BCUT2D eigenvalue weighted by molar-refractivity contribution is 0.0947. The van der Waals surface area contributed by atoms with E-state index in [0.717, 1.165) is 30.6 Å². The average molecular weight is 307 g/mol. The van der Waals surface area contributed by atoms with Crippen molar-refractivity contribution in [1.82, 2.24) is 20.3 Å². The molecule has 0 aliphatic heterocycles. The number of hydrogen-bond donors (Lipinski definition) is 1. The van der Waals surface area contributed by atoms with Crippen LogP contribution < -0.4 is 5.32 Å². The maximum Gasteiger partial charge on any atom is 0.273 e. The molecule has 1 aromatic carbocycles. The number of amides is 1. The molecule has 0 radical (unpaired) electrons. The number of nitrogens with one attached hydrogen (secondary N) is 1. The minimum atomic E-state index is -0.166. The molecule has 0 saturated carbocycles. The Morgan fingerprint density at radius 2 is 1.95 bits per heavy atom. The number of nitrogens with zero attached hydrogens (tertiary/aromatic N) is 3. The molecule has 5 nitrogen and oxygen atoms in total. The number of hydrogen-bond acceptors (Lipinski definition) is 3. The minimum absolute atomic E-state index is 0.166. The van der Waals surface area contributed by atoms with Crippen molar-refractivity contribution >= 4 is 17.5 Å². The summed E-state index contributed by atoms with van der Waals surface area (Å²) in [6.45, 7) is 4.71. The highest BCUT2D eigenvalue weighted by molar-refractivity contribution is 6.30.